The first-order chi connectivity index (χ1) is 11.0. The molecule has 0 aliphatic heterocycles. The van der Waals surface area contributed by atoms with Crippen molar-refractivity contribution in [2.45, 2.75) is 45.4 Å². The van der Waals surface area contributed by atoms with Crippen LogP contribution in [0.15, 0.2) is 42.2 Å². The van der Waals surface area contributed by atoms with E-state index in [-0.39, 0.29) is 19.6 Å². The normalized spacial score (nSPS) is 15.4. The van der Waals surface area contributed by atoms with Crippen molar-refractivity contribution in [3.63, 3.8) is 0 Å². The molecule has 4 nitrogen and oxygen atoms in total. The highest BCUT2D eigenvalue weighted by Gasteiger charge is 2.40. The largest absolute Gasteiger partial charge is 0.387 e. The first-order valence-electron chi connectivity index (χ1n) is 7.96. The lowest BCUT2D eigenvalue weighted by Crippen LogP contribution is -2.20. The standard InChI is InChI=1S/C17H26FO4P/c1-4-10-15(18)13-16(23(20,21-5-2)22-6-3)17(19)14-11-8-7-9-12-14/h7-9,11-13,16-17,19H,4-6,10H2,1-3H3/b15-13-/t16-,17+/m0/s1. The summed E-state index contributed by atoms with van der Waals surface area (Å²) in [7, 11) is -3.70. The number of hydrogen-bond acceptors (Lipinski definition) is 4. The zero-order chi connectivity index (χ0) is 17.3. The van der Waals surface area contributed by atoms with Crippen LogP contribution in [0.1, 0.15) is 45.3 Å². The molecule has 1 rings (SSSR count). The smallest absolute Gasteiger partial charge is 0.340 e. The van der Waals surface area contributed by atoms with Crippen LogP contribution >= 0.6 is 7.60 Å². The average molecular weight is 344 g/mol. The summed E-state index contributed by atoms with van der Waals surface area (Å²) < 4.78 is 37.7. The molecule has 1 aromatic carbocycles. The fourth-order valence-electron chi connectivity index (χ4n) is 2.28. The zero-order valence-electron chi connectivity index (χ0n) is 13.9. The Hall–Kier alpha value is -1.00. The molecular formula is C17H26FO4P. The molecule has 0 aliphatic carbocycles. The minimum Gasteiger partial charge on any atom is -0.387 e. The summed E-state index contributed by atoms with van der Waals surface area (Å²) in [5.74, 6) is -0.424. The van der Waals surface area contributed by atoms with E-state index in [2.05, 4.69) is 0 Å². The predicted molar refractivity (Wildman–Crippen MR) is 90.1 cm³/mol. The second kappa shape index (κ2) is 9.99. The first-order valence-corrected chi connectivity index (χ1v) is 9.57. The summed E-state index contributed by atoms with van der Waals surface area (Å²) in [4.78, 5) is 0. The monoisotopic (exact) mass is 344 g/mol. The van der Waals surface area contributed by atoms with E-state index in [0.29, 0.717) is 12.0 Å². The Labute approximate surface area is 137 Å². The number of hydrogen-bond donors (Lipinski definition) is 1. The molecule has 0 saturated heterocycles. The van der Waals surface area contributed by atoms with Crippen LogP contribution in [0.2, 0.25) is 0 Å². The maximum atomic E-state index is 14.1. The second-order valence-corrected chi connectivity index (χ2v) is 7.28. The van der Waals surface area contributed by atoms with E-state index in [9.17, 15) is 14.1 Å². The van der Waals surface area contributed by atoms with Crippen LogP contribution in [-0.4, -0.2) is 24.0 Å². The highest BCUT2D eigenvalue weighted by Crippen LogP contribution is 2.57. The van der Waals surface area contributed by atoms with Crippen LogP contribution in [-0.2, 0) is 13.6 Å². The maximum Gasteiger partial charge on any atom is 0.340 e. The number of halogens is 1. The van der Waals surface area contributed by atoms with E-state index < -0.39 is 25.2 Å². The lowest BCUT2D eigenvalue weighted by atomic mass is 10.1. The SMILES string of the molecule is CCC/C(F)=C/[C@@H]([C@H](O)c1ccccc1)P(=O)(OCC)OCC. The van der Waals surface area contributed by atoms with Gasteiger partial charge < -0.3 is 14.2 Å². The van der Waals surface area contributed by atoms with Crippen molar-refractivity contribution in [2.24, 2.45) is 0 Å². The molecule has 0 heterocycles. The van der Waals surface area contributed by atoms with Crippen molar-refractivity contribution in [2.75, 3.05) is 13.2 Å². The Bertz CT molecular complexity index is 523. The fraction of sp³-hybridized carbons (Fsp3) is 0.529. The van der Waals surface area contributed by atoms with Gasteiger partial charge in [0, 0.05) is 0 Å². The third kappa shape index (κ3) is 5.85. The van der Waals surface area contributed by atoms with Gasteiger partial charge in [-0.25, -0.2) is 4.39 Å². The molecule has 0 amide bonds. The van der Waals surface area contributed by atoms with Gasteiger partial charge in [-0.3, -0.25) is 4.57 Å². The van der Waals surface area contributed by atoms with Crippen LogP contribution in [0.3, 0.4) is 0 Å². The van der Waals surface area contributed by atoms with Crippen LogP contribution in [0.4, 0.5) is 4.39 Å². The highest BCUT2D eigenvalue weighted by atomic mass is 31.2. The van der Waals surface area contributed by atoms with Gasteiger partial charge in [-0.05, 0) is 38.3 Å². The Morgan fingerprint density at radius 1 is 1.22 bits per heavy atom. The number of allylic oxidation sites excluding steroid dienone is 1. The van der Waals surface area contributed by atoms with Crippen LogP contribution < -0.4 is 0 Å². The van der Waals surface area contributed by atoms with Crippen LogP contribution in [0, 0.1) is 0 Å². The van der Waals surface area contributed by atoms with Crippen molar-refractivity contribution >= 4 is 7.60 Å². The van der Waals surface area contributed by atoms with Crippen molar-refractivity contribution in [3.05, 3.63) is 47.8 Å². The minimum atomic E-state index is -3.70. The third-order valence-electron chi connectivity index (χ3n) is 3.29. The second-order valence-electron chi connectivity index (χ2n) is 5.09. The molecule has 1 N–H and O–H groups in total. The summed E-state index contributed by atoms with van der Waals surface area (Å²) in [6.07, 6.45) is 0.843. The van der Waals surface area contributed by atoms with Crippen LogP contribution in [0.5, 0.6) is 0 Å². The van der Waals surface area contributed by atoms with Gasteiger partial charge in [0.2, 0.25) is 0 Å². The summed E-state index contributed by atoms with van der Waals surface area (Å²) >= 11 is 0. The van der Waals surface area contributed by atoms with Crippen molar-refractivity contribution in [1.29, 1.82) is 0 Å². The van der Waals surface area contributed by atoms with Crippen molar-refractivity contribution < 1.29 is 23.1 Å². The number of benzene rings is 1. The molecular weight excluding hydrogens is 318 g/mol. The molecule has 23 heavy (non-hydrogen) atoms. The van der Waals surface area contributed by atoms with Crippen LogP contribution in [0.25, 0.3) is 0 Å². The third-order valence-corrected chi connectivity index (χ3v) is 5.69. The Kier molecular flexibility index (Phi) is 8.71. The molecule has 130 valence electrons. The Balaban J connectivity index is 3.24. The van der Waals surface area contributed by atoms with Gasteiger partial charge in [-0.1, -0.05) is 37.3 Å². The molecule has 0 spiro atoms. The lowest BCUT2D eigenvalue weighted by Gasteiger charge is -2.28. The topological polar surface area (TPSA) is 55.8 Å². The van der Waals surface area contributed by atoms with E-state index in [4.69, 9.17) is 9.05 Å². The van der Waals surface area contributed by atoms with E-state index in [0.717, 1.165) is 0 Å². The lowest BCUT2D eigenvalue weighted by molar-refractivity contribution is 0.151. The number of rotatable bonds is 10. The van der Waals surface area contributed by atoms with E-state index in [1.54, 1.807) is 38.1 Å². The van der Waals surface area contributed by atoms with E-state index in [1.807, 2.05) is 13.0 Å². The quantitative estimate of drug-likeness (QED) is 0.606. The van der Waals surface area contributed by atoms with E-state index >= 15 is 0 Å². The molecule has 6 heteroatoms. The number of aliphatic hydroxyl groups excluding tert-OH is 1. The summed E-state index contributed by atoms with van der Waals surface area (Å²) in [6, 6.07) is 8.72. The zero-order valence-corrected chi connectivity index (χ0v) is 14.8. The molecule has 0 saturated carbocycles. The molecule has 1 aromatic rings. The van der Waals surface area contributed by atoms with Gasteiger partial charge in [0.1, 0.15) is 5.66 Å². The molecule has 0 radical (unpaired) electrons. The number of aliphatic hydroxyl groups is 1. The van der Waals surface area contributed by atoms with Crippen molar-refractivity contribution in [1.82, 2.24) is 0 Å². The summed E-state index contributed by atoms with van der Waals surface area (Å²) in [5, 5.41) is 10.6. The van der Waals surface area contributed by atoms with Gasteiger partial charge in [0.25, 0.3) is 0 Å². The predicted octanol–water partition coefficient (Wildman–Crippen LogP) is 5.01. The first kappa shape index (κ1) is 20.0. The van der Waals surface area contributed by atoms with Gasteiger partial charge >= 0.3 is 7.60 Å². The molecule has 0 aliphatic rings. The average Bonchev–Trinajstić information content (AvgIpc) is 2.53. The summed E-state index contributed by atoms with van der Waals surface area (Å²) in [5.41, 5.74) is -0.547. The molecule has 0 fully saturated rings. The van der Waals surface area contributed by atoms with Gasteiger partial charge in [-0.2, -0.15) is 0 Å². The molecule has 0 unspecified atom stereocenters. The molecule has 0 aromatic heterocycles. The summed E-state index contributed by atoms with van der Waals surface area (Å²) in [6.45, 7) is 5.52. The van der Waals surface area contributed by atoms with Gasteiger partial charge in [-0.15, -0.1) is 0 Å². The van der Waals surface area contributed by atoms with Crippen molar-refractivity contribution in [3.8, 4) is 0 Å². The molecule has 0 bridgehead atoms. The highest BCUT2D eigenvalue weighted by molar-refractivity contribution is 7.54. The Morgan fingerprint density at radius 2 is 1.78 bits per heavy atom. The van der Waals surface area contributed by atoms with Gasteiger partial charge in [0.05, 0.1) is 25.1 Å². The molecule has 2 atom stereocenters. The maximum absolute atomic E-state index is 14.1. The minimum absolute atomic E-state index is 0.151. The van der Waals surface area contributed by atoms with E-state index in [1.165, 1.54) is 6.08 Å². The fourth-order valence-corrected chi connectivity index (χ4v) is 4.28. The van der Waals surface area contributed by atoms with Gasteiger partial charge in [0.15, 0.2) is 0 Å². The Morgan fingerprint density at radius 3 is 2.26 bits per heavy atom.